The molecule has 1 aliphatic heterocycles. The second-order valence-corrected chi connectivity index (χ2v) is 6.00. The summed E-state index contributed by atoms with van der Waals surface area (Å²) in [6, 6.07) is 0. The molecule has 2 rings (SSSR count). The summed E-state index contributed by atoms with van der Waals surface area (Å²) in [6.07, 6.45) is 0.992. The predicted molar refractivity (Wildman–Crippen MR) is 81.1 cm³/mol. The molecule has 122 valence electrons. The van der Waals surface area contributed by atoms with Gasteiger partial charge in [-0.1, -0.05) is 5.16 Å². The standard InChI is InChI=1S/C15H24N4O3/c1-10-13(11(2)22-17-10)4-5-14(20)19-7-6-18(3)8-12(9-19)15(16)21/h12H,4-9H2,1-3H3,(H2,16,21)/t12-/m0/s1. The molecule has 1 atom stereocenters. The van der Waals surface area contributed by atoms with Crippen molar-refractivity contribution in [1.29, 1.82) is 0 Å². The molecule has 1 aromatic heterocycles. The lowest BCUT2D eigenvalue weighted by Gasteiger charge is -2.22. The van der Waals surface area contributed by atoms with E-state index in [0.29, 0.717) is 32.5 Å². The molecule has 2 amide bonds. The van der Waals surface area contributed by atoms with Crippen LogP contribution in [0.15, 0.2) is 4.52 Å². The van der Waals surface area contributed by atoms with E-state index in [1.165, 1.54) is 0 Å². The summed E-state index contributed by atoms with van der Waals surface area (Å²) in [5.41, 5.74) is 7.25. The minimum Gasteiger partial charge on any atom is -0.369 e. The Morgan fingerprint density at radius 1 is 1.32 bits per heavy atom. The number of hydrogen-bond donors (Lipinski definition) is 1. The lowest BCUT2D eigenvalue weighted by molar-refractivity contribution is -0.132. The van der Waals surface area contributed by atoms with Gasteiger partial charge in [0.1, 0.15) is 5.76 Å². The van der Waals surface area contributed by atoms with Gasteiger partial charge in [0.05, 0.1) is 11.6 Å². The molecule has 0 aliphatic carbocycles. The van der Waals surface area contributed by atoms with E-state index in [1.807, 2.05) is 25.8 Å². The molecule has 22 heavy (non-hydrogen) atoms. The zero-order chi connectivity index (χ0) is 16.3. The first-order chi connectivity index (χ1) is 10.4. The quantitative estimate of drug-likeness (QED) is 0.851. The molecular formula is C15H24N4O3. The van der Waals surface area contributed by atoms with Crippen LogP contribution in [-0.2, 0) is 16.0 Å². The number of aromatic nitrogens is 1. The third-order valence-electron chi connectivity index (χ3n) is 4.25. The van der Waals surface area contributed by atoms with Crippen molar-refractivity contribution < 1.29 is 14.1 Å². The number of nitrogens with zero attached hydrogens (tertiary/aromatic N) is 3. The van der Waals surface area contributed by atoms with E-state index in [1.54, 1.807) is 4.90 Å². The maximum Gasteiger partial charge on any atom is 0.223 e. The zero-order valence-electron chi connectivity index (χ0n) is 13.5. The number of hydrogen-bond acceptors (Lipinski definition) is 5. The summed E-state index contributed by atoms with van der Waals surface area (Å²) in [6.45, 7) is 6.11. The number of carbonyl (C=O) groups is 2. The molecule has 2 N–H and O–H groups in total. The van der Waals surface area contributed by atoms with E-state index in [9.17, 15) is 9.59 Å². The van der Waals surface area contributed by atoms with Gasteiger partial charge in [-0.25, -0.2) is 0 Å². The average molecular weight is 308 g/mol. The normalized spacial score (nSPS) is 20.0. The lowest BCUT2D eigenvalue weighted by Crippen LogP contribution is -2.40. The first kappa shape index (κ1) is 16.5. The van der Waals surface area contributed by atoms with E-state index in [2.05, 4.69) is 5.16 Å². The number of carbonyl (C=O) groups excluding carboxylic acids is 2. The number of primary amides is 1. The van der Waals surface area contributed by atoms with Crippen LogP contribution >= 0.6 is 0 Å². The molecule has 0 unspecified atom stereocenters. The second-order valence-electron chi connectivity index (χ2n) is 6.00. The molecule has 0 saturated carbocycles. The van der Waals surface area contributed by atoms with Crippen molar-refractivity contribution in [3.05, 3.63) is 17.0 Å². The average Bonchev–Trinajstić information content (AvgIpc) is 2.66. The number of amides is 2. The van der Waals surface area contributed by atoms with Gasteiger partial charge in [-0.2, -0.15) is 0 Å². The van der Waals surface area contributed by atoms with E-state index in [0.717, 1.165) is 23.6 Å². The minimum absolute atomic E-state index is 0.0431. The van der Waals surface area contributed by atoms with Crippen LogP contribution < -0.4 is 5.73 Å². The molecule has 1 aromatic rings. The van der Waals surface area contributed by atoms with E-state index in [4.69, 9.17) is 10.3 Å². The van der Waals surface area contributed by atoms with Crippen molar-refractivity contribution in [1.82, 2.24) is 15.0 Å². The predicted octanol–water partition coefficient (Wildman–Crippen LogP) is 0.0995. The number of likely N-dealkylation sites (N-methyl/N-ethyl adjacent to an activating group) is 1. The summed E-state index contributed by atoms with van der Waals surface area (Å²) in [7, 11) is 1.94. The number of rotatable bonds is 4. The van der Waals surface area contributed by atoms with Crippen LogP contribution in [0.25, 0.3) is 0 Å². The zero-order valence-corrected chi connectivity index (χ0v) is 13.5. The summed E-state index contributed by atoms with van der Waals surface area (Å²) in [4.78, 5) is 27.7. The Balaban J connectivity index is 1.97. The summed E-state index contributed by atoms with van der Waals surface area (Å²) < 4.78 is 5.11. The van der Waals surface area contributed by atoms with Gasteiger partial charge in [0.15, 0.2) is 0 Å². The lowest BCUT2D eigenvalue weighted by atomic mass is 10.1. The fourth-order valence-corrected chi connectivity index (χ4v) is 2.83. The van der Waals surface area contributed by atoms with Gasteiger partial charge in [-0.05, 0) is 27.3 Å². The Morgan fingerprint density at radius 3 is 2.64 bits per heavy atom. The molecule has 1 fully saturated rings. The van der Waals surface area contributed by atoms with Gasteiger partial charge in [0, 0.05) is 38.2 Å². The van der Waals surface area contributed by atoms with E-state index in [-0.39, 0.29) is 17.7 Å². The Morgan fingerprint density at radius 2 is 2.05 bits per heavy atom. The Kier molecular flexibility index (Phi) is 5.18. The van der Waals surface area contributed by atoms with Crippen molar-refractivity contribution in [2.24, 2.45) is 11.7 Å². The van der Waals surface area contributed by atoms with Crippen LogP contribution in [0.3, 0.4) is 0 Å². The van der Waals surface area contributed by atoms with Gasteiger partial charge in [-0.15, -0.1) is 0 Å². The highest BCUT2D eigenvalue weighted by Crippen LogP contribution is 2.16. The van der Waals surface area contributed by atoms with Crippen LogP contribution in [0, 0.1) is 19.8 Å². The fourth-order valence-electron chi connectivity index (χ4n) is 2.83. The minimum atomic E-state index is -0.350. The molecule has 1 aliphatic rings. The summed E-state index contributed by atoms with van der Waals surface area (Å²) >= 11 is 0. The largest absolute Gasteiger partial charge is 0.369 e. The van der Waals surface area contributed by atoms with Crippen molar-refractivity contribution in [3.63, 3.8) is 0 Å². The Bertz CT molecular complexity index is 535. The van der Waals surface area contributed by atoms with Crippen molar-refractivity contribution in [3.8, 4) is 0 Å². The SMILES string of the molecule is Cc1noc(C)c1CCC(=O)N1CCN(C)C[C@H](C(N)=O)C1. The van der Waals surface area contributed by atoms with E-state index < -0.39 is 0 Å². The number of nitrogens with two attached hydrogens (primary N) is 1. The first-order valence-corrected chi connectivity index (χ1v) is 7.56. The molecule has 0 aromatic carbocycles. The fraction of sp³-hybridized carbons (Fsp3) is 0.667. The maximum atomic E-state index is 12.4. The molecule has 7 nitrogen and oxygen atoms in total. The van der Waals surface area contributed by atoms with Crippen LogP contribution in [0.2, 0.25) is 0 Å². The Labute approximate surface area is 130 Å². The monoisotopic (exact) mass is 308 g/mol. The molecule has 7 heteroatoms. The summed E-state index contributed by atoms with van der Waals surface area (Å²) in [5.74, 6) is 0.144. The van der Waals surface area contributed by atoms with Crippen molar-refractivity contribution >= 4 is 11.8 Å². The van der Waals surface area contributed by atoms with Gasteiger partial charge >= 0.3 is 0 Å². The number of aryl methyl sites for hydroxylation is 2. The van der Waals surface area contributed by atoms with Gasteiger partial charge in [0.2, 0.25) is 11.8 Å². The first-order valence-electron chi connectivity index (χ1n) is 7.56. The summed E-state index contributed by atoms with van der Waals surface area (Å²) in [5, 5.41) is 3.90. The Hall–Kier alpha value is -1.89. The molecule has 2 heterocycles. The van der Waals surface area contributed by atoms with Crippen LogP contribution in [0.1, 0.15) is 23.4 Å². The third kappa shape index (κ3) is 3.85. The maximum absolute atomic E-state index is 12.4. The van der Waals surface area contributed by atoms with Gasteiger partial charge in [0.25, 0.3) is 0 Å². The third-order valence-corrected chi connectivity index (χ3v) is 4.25. The van der Waals surface area contributed by atoms with E-state index >= 15 is 0 Å². The van der Waals surface area contributed by atoms with Crippen LogP contribution in [0.4, 0.5) is 0 Å². The molecule has 0 spiro atoms. The van der Waals surface area contributed by atoms with Crippen molar-refractivity contribution in [2.45, 2.75) is 26.7 Å². The highest BCUT2D eigenvalue weighted by atomic mass is 16.5. The van der Waals surface area contributed by atoms with Crippen molar-refractivity contribution in [2.75, 3.05) is 33.2 Å². The van der Waals surface area contributed by atoms with Crippen LogP contribution in [0.5, 0.6) is 0 Å². The molecule has 1 saturated heterocycles. The molecular weight excluding hydrogens is 284 g/mol. The highest BCUT2D eigenvalue weighted by molar-refractivity contribution is 5.80. The topological polar surface area (TPSA) is 92.7 Å². The smallest absolute Gasteiger partial charge is 0.223 e. The van der Waals surface area contributed by atoms with Crippen LogP contribution in [-0.4, -0.2) is 60.0 Å². The molecule has 0 bridgehead atoms. The second kappa shape index (κ2) is 6.91. The van der Waals surface area contributed by atoms with Gasteiger partial charge in [-0.3, -0.25) is 9.59 Å². The van der Waals surface area contributed by atoms with Gasteiger partial charge < -0.3 is 20.1 Å². The highest BCUT2D eigenvalue weighted by Gasteiger charge is 2.27. The molecule has 0 radical (unpaired) electrons.